The molecule has 3 aromatic carbocycles. The van der Waals surface area contributed by atoms with Crippen molar-refractivity contribution in [2.45, 2.75) is 32.7 Å². The van der Waals surface area contributed by atoms with Gasteiger partial charge >= 0.3 is 11.6 Å². The summed E-state index contributed by atoms with van der Waals surface area (Å²) in [7, 11) is 0. The van der Waals surface area contributed by atoms with Crippen LogP contribution in [0.2, 0.25) is 0 Å². The zero-order valence-corrected chi connectivity index (χ0v) is 20.4. The third-order valence-corrected chi connectivity index (χ3v) is 5.56. The van der Waals surface area contributed by atoms with E-state index in [4.69, 9.17) is 13.9 Å². The van der Waals surface area contributed by atoms with Crippen LogP contribution in [0, 0.1) is 0 Å². The number of benzene rings is 3. The Morgan fingerprint density at radius 3 is 2.28 bits per heavy atom. The summed E-state index contributed by atoms with van der Waals surface area (Å²) in [6, 6.07) is 23.0. The van der Waals surface area contributed by atoms with Gasteiger partial charge in [-0.2, -0.15) is 0 Å². The van der Waals surface area contributed by atoms with Crippen molar-refractivity contribution in [2.75, 3.05) is 6.61 Å². The largest absolute Gasteiger partial charge is 0.482 e. The van der Waals surface area contributed by atoms with Gasteiger partial charge in [-0.1, -0.05) is 63.2 Å². The van der Waals surface area contributed by atoms with Gasteiger partial charge in [-0.05, 0) is 46.9 Å². The van der Waals surface area contributed by atoms with Gasteiger partial charge in [-0.25, -0.2) is 9.59 Å². The van der Waals surface area contributed by atoms with E-state index in [0.29, 0.717) is 11.1 Å². The zero-order chi connectivity index (χ0) is 25.7. The number of hydrogen-bond donors (Lipinski definition) is 1. The van der Waals surface area contributed by atoms with Crippen LogP contribution >= 0.6 is 0 Å². The summed E-state index contributed by atoms with van der Waals surface area (Å²) in [6.45, 7) is 6.36. The van der Waals surface area contributed by atoms with Gasteiger partial charge in [0.25, 0.3) is 5.91 Å². The summed E-state index contributed by atoms with van der Waals surface area (Å²) in [5.41, 5.74) is 1.41. The third kappa shape index (κ3) is 6.18. The van der Waals surface area contributed by atoms with Crippen molar-refractivity contribution in [1.82, 2.24) is 5.32 Å². The van der Waals surface area contributed by atoms with Crippen molar-refractivity contribution in [2.24, 2.45) is 0 Å². The second kappa shape index (κ2) is 10.5. The first-order valence-corrected chi connectivity index (χ1v) is 11.5. The van der Waals surface area contributed by atoms with Gasteiger partial charge in [-0.15, -0.1) is 0 Å². The number of carbonyl (C=O) groups excluding carboxylic acids is 2. The van der Waals surface area contributed by atoms with Crippen LogP contribution in [0.25, 0.3) is 11.0 Å². The summed E-state index contributed by atoms with van der Waals surface area (Å²) in [4.78, 5) is 37.2. The van der Waals surface area contributed by atoms with E-state index in [0.717, 1.165) is 11.1 Å². The molecule has 0 radical (unpaired) electrons. The van der Waals surface area contributed by atoms with Crippen molar-refractivity contribution >= 4 is 22.8 Å². The molecule has 184 valence electrons. The van der Waals surface area contributed by atoms with E-state index in [9.17, 15) is 14.4 Å². The topological polar surface area (TPSA) is 94.8 Å². The first-order chi connectivity index (χ1) is 17.2. The SMILES string of the molecule is CC(C)(C)c1ccc(OCC(=O)Oc2ccc3cc(C(=O)NCc4ccccc4)c(=O)oc3c2)cc1. The smallest absolute Gasteiger partial charge is 0.349 e. The molecular weight excluding hydrogens is 458 g/mol. The fourth-order valence-corrected chi connectivity index (χ4v) is 3.54. The lowest BCUT2D eigenvalue weighted by molar-refractivity contribution is -0.136. The van der Waals surface area contributed by atoms with E-state index in [2.05, 4.69) is 26.1 Å². The molecule has 0 aliphatic heterocycles. The Labute approximate surface area is 208 Å². The molecule has 0 aliphatic rings. The summed E-state index contributed by atoms with van der Waals surface area (Å²) in [5.74, 6) is -0.377. The molecule has 7 heteroatoms. The van der Waals surface area contributed by atoms with Gasteiger partial charge in [0, 0.05) is 18.0 Å². The molecule has 0 saturated carbocycles. The predicted molar refractivity (Wildman–Crippen MR) is 136 cm³/mol. The number of carbonyl (C=O) groups is 2. The van der Waals surface area contributed by atoms with Crippen LogP contribution in [0.15, 0.2) is 88.1 Å². The highest BCUT2D eigenvalue weighted by Crippen LogP contribution is 2.24. The average Bonchev–Trinajstić information content (AvgIpc) is 2.86. The Morgan fingerprint density at radius 1 is 0.889 bits per heavy atom. The van der Waals surface area contributed by atoms with Crippen LogP contribution < -0.4 is 20.4 Å². The summed E-state index contributed by atoms with van der Waals surface area (Å²) < 4.78 is 16.2. The van der Waals surface area contributed by atoms with Crippen LogP contribution in [0.3, 0.4) is 0 Å². The lowest BCUT2D eigenvalue weighted by Crippen LogP contribution is -2.27. The summed E-state index contributed by atoms with van der Waals surface area (Å²) in [6.07, 6.45) is 0. The number of rotatable bonds is 7. The standard InChI is InChI=1S/C29H27NO6/c1-29(2,3)21-10-13-22(14-11-21)34-18-26(31)35-23-12-9-20-15-24(28(33)36-25(20)16-23)27(32)30-17-19-7-5-4-6-8-19/h4-16H,17-18H2,1-3H3,(H,30,32). The first kappa shape index (κ1) is 24.7. The fraction of sp³-hybridized carbons (Fsp3) is 0.207. The minimum atomic E-state index is -0.779. The molecule has 0 atom stereocenters. The normalized spacial score (nSPS) is 11.2. The van der Waals surface area contributed by atoms with Gasteiger partial charge in [0.05, 0.1) is 0 Å². The van der Waals surface area contributed by atoms with E-state index in [-0.39, 0.29) is 35.5 Å². The molecule has 0 saturated heterocycles. The molecular formula is C29H27NO6. The molecule has 0 aliphatic carbocycles. The van der Waals surface area contributed by atoms with Crippen LogP contribution in [0.4, 0.5) is 0 Å². The Morgan fingerprint density at radius 2 is 1.58 bits per heavy atom. The molecule has 36 heavy (non-hydrogen) atoms. The maximum atomic E-state index is 12.5. The van der Waals surface area contributed by atoms with E-state index in [1.165, 1.54) is 12.1 Å². The van der Waals surface area contributed by atoms with Gasteiger partial charge < -0.3 is 19.2 Å². The highest BCUT2D eigenvalue weighted by molar-refractivity contribution is 5.96. The maximum Gasteiger partial charge on any atom is 0.349 e. The number of esters is 1. The van der Waals surface area contributed by atoms with Gasteiger partial charge in [-0.3, -0.25) is 4.79 Å². The van der Waals surface area contributed by atoms with Gasteiger partial charge in [0.2, 0.25) is 0 Å². The highest BCUT2D eigenvalue weighted by Gasteiger charge is 2.16. The maximum absolute atomic E-state index is 12.5. The molecule has 1 N–H and O–H groups in total. The van der Waals surface area contributed by atoms with Crippen LogP contribution in [-0.2, 0) is 16.8 Å². The molecule has 4 aromatic rings. The molecule has 4 rings (SSSR count). The van der Waals surface area contributed by atoms with Crippen LogP contribution in [0.5, 0.6) is 11.5 Å². The number of ether oxygens (including phenoxy) is 2. The summed E-state index contributed by atoms with van der Waals surface area (Å²) in [5, 5.41) is 3.24. The molecule has 1 amide bonds. The average molecular weight is 486 g/mol. The van der Waals surface area contributed by atoms with E-state index in [1.807, 2.05) is 54.6 Å². The minimum absolute atomic E-state index is 0.0231. The molecule has 0 bridgehead atoms. The Balaban J connectivity index is 1.38. The quantitative estimate of drug-likeness (QED) is 0.225. The van der Waals surface area contributed by atoms with Crippen molar-refractivity contribution in [1.29, 1.82) is 0 Å². The van der Waals surface area contributed by atoms with E-state index < -0.39 is 17.5 Å². The second-order valence-corrected chi connectivity index (χ2v) is 9.35. The van der Waals surface area contributed by atoms with Gasteiger partial charge in [0.1, 0.15) is 22.6 Å². The molecule has 0 spiro atoms. The van der Waals surface area contributed by atoms with Crippen molar-refractivity contribution in [3.63, 3.8) is 0 Å². The van der Waals surface area contributed by atoms with E-state index in [1.54, 1.807) is 12.1 Å². The number of nitrogens with one attached hydrogen (secondary N) is 1. The zero-order valence-electron chi connectivity index (χ0n) is 20.4. The van der Waals surface area contributed by atoms with Crippen LogP contribution in [0.1, 0.15) is 42.3 Å². The monoisotopic (exact) mass is 485 g/mol. The number of amides is 1. The third-order valence-electron chi connectivity index (χ3n) is 5.56. The van der Waals surface area contributed by atoms with Crippen LogP contribution in [-0.4, -0.2) is 18.5 Å². The van der Waals surface area contributed by atoms with Crippen molar-refractivity contribution in [3.05, 3.63) is 106 Å². The fourth-order valence-electron chi connectivity index (χ4n) is 3.54. The number of fused-ring (bicyclic) bond motifs is 1. The second-order valence-electron chi connectivity index (χ2n) is 9.35. The lowest BCUT2D eigenvalue weighted by atomic mass is 9.87. The molecule has 1 heterocycles. The minimum Gasteiger partial charge on any atom is -0.482 e. The summed E-state index contributed by atoms with van der Waals surface area (Å²) >= 11 is 0. The molecule has 0 fully saturated rings. The lowest BCUT2D eigenvalue weighted by Gasteiger charge is -2.19. The molecule has 1 aromatic heterocycles. The van der Waals surface area contributed by atoms with Crippen molar-refractivity contribution < 1.29 is 23.5 Å². The molecule has 0 unspecified atom stereocenters. The number of hydrogen-bond acceptors (Lipinski definition) is 6. The highest BCUT2D eigenvalue weighted by atomic mass is 16.6. The Hall–Kier alpha value is -4.39. The van der Waals surface area contributed by atoms with E-state index >= 15 is 0 Å². The Kier molecular flexibility index (Phi) is 7.20. The Bertz CT molecular complexity index is 1430. The predicted octanol–water partition coefficient (Wildman–Crippen LogP) is 5.00. The molecule has 7 nitrogen and oxygen atoms in total. The van der Waals surface area contributed by atoms with Gasteiger partial charge in [0.15, 0.2) is 6.61 Å². The first-order valence-electron chi connectivity index (χ1n) is 11.5. The van der Waals surface area contributed by atoms with Crippen molar-refractivity contribution in [3.8, 4) is 11.5 Å².